The number of hydrogen-bond acceptors (Lipinski definition) is 7. The number of amides is 1. The molecule has 32 heavy (non-hydrogen) atoms. The predicted octanol–water partition coefficient (Wildman–Crippen LogP) is 3.59. The third-order valence-corrected chi connectivity index (χ3v) is 5.25. The maximum absolute atomic E-state index is 12.8. The number of hydrogen-bond donors (Lipinski definition) is 2. The Labute approximate surface area is 183 Å². The van der Waals surface area contributed by atoms with Gasteiger partial charge in [-0.1, -0.05) is 12.1 Å². The van der Waals surface area contributed by atoms with Gasteiger partial charge in [-0.15, -0.1) is 24.5 Å². The van der Waals surface area contributed by atoms with Crippen LogP contribution in [0.4, 0.5) is 13.2 Å². The molecule has 2 N–H and O–H groups in total. The monoisotopic (exact) mass is 467 g/mol. The van der Waals surface area contributed by atoms with Crippen molar-refractivity contribution in [3.8, 4) is 11.5 Å². The van der Waals surface area contributed by atoms with Crippen LogP contribution < -0.4 is 14.8 Å². The number of benzene rings is 1. The van der Waals surface area contributed by atoms with Gasteiger partial charge in [0.05, 0.1) is 18.3 Å². The average Bonchev–Trinajstić information content (AvgIpc) is 3.29. The van der Waals surface area contributed by atoms with Gasteiger partial charge < -0.3 is 19.9 Å². The van der Waals surface area contributed by atoms with Crippen LogP contribution in [0, 0.1) is 0 Å². The maximum Gasteiger partial charge on any atom is 0.573 e. The molecule has 0 radical (unpaired) electrons. The summed E-state index contributed by atoms with van der Waals surface area (Å²) in [7, 11) is 0. The molecular weight excluding hydrogens is 451 g/mol. The molecule has 8 nitrogen and oxygen atoms in total. The van der Waals surface area contributed by atoms with Crippen LogP contribution >= 0.6 is 11.3 Å². The van der Waals surface area contributed by atoms with Crippen molar-refractivity contribution in [2.45, 2.75) is 18.3 Å². The van der Waals surface area contributed by atoms with E-state index in [0.717, 1.165) is 0 Å². The minimum Gasteiger partial charge on any atom is -0.491 e. The first-order valence-corrected chi connectivity index (χ1v) is 9.90. The third kappa shape index (κ3) is 5.14. The van der Waals surface area contributed by atoms with Crippen molar-refractivity contribution >= 4 is 23.7 Å². The molecule has 1 atom stereocenters. The molecule has 3 aromatic rings. The fourth-order valence-corrected chi connectivity index (χ4v) is 3.77. The van der Waals surface area contributed by atoms with Crippen LogP contribution in [0.15, 0.2) is 54.3 Å². The Balaban J connectivity index is 0.000000913. The average molecular weight is 467 g/mol. The van der Waals surface area contributed by atoms with E-state index in [-0.39, 0.29) is 18.1 Å². The van der Waals surface area contributed by atoms with Gasteiger partial charge in [-0.05, 0) is 29.8 Å². The predicted molar refractivity (Wildman–Crippen MR) is 107 cm³/mol. The number of aromatic nitrogens is 2. The van der Waals surface area contributed by atoms with Gasteiger partial charge in [0.15, 0.2) is 0 Å². The third-order valence-electron chi connectivity index (χ3n) is 4.47. The fourth-order valence-electron chi connectivity index (χ4n) is 3.26. The Bertz CT molecular complexity index is 1060. The zero-order valence-corrected chi connectivity index (χ0v) is 17.0. The van der Waals surface area contributed by atoms with Gasteiger partial charge in [0.1, 0.15) is 27.6 Å². The van der Waals surface area contributed by atoms with Crippen LogP contribution in [-0.4, -0.2) is 40.4 Å². The Morgan fingerprint density at radius 1 is 1.28 bits per heavy atom. The quantitative estimate of drug-likeness (QED) is 0.564. The largest absolute Gasteiger partial charge is 0.573 e. The topological polar surface area (TPSA) is 111 Å². The van der Waals surface area contributed by atoms with Crippen molar-refractivity contribution in [1.29, 1.82) is 0 Å². The van der Waals surface area contributed by atoms with Crippen molar-refractivity contribution in [2.75, 3.05) is 6.61 Å². The first-order chi connectivity index (χ1) is 15.3. The molecule has 1 unspecified atom stereocenters. The summed E-state index contributed by atoms with van der Waals surface area (Å²) in [6.45, 7) is 0.0441. The molecule has 0 saturated heterocycles. The van der Waals surface area contributed by atoms with Gasteiger partial charge in [0.2, 0.25) is 0 Å². The second kappa shape index (κ2) is 9.64. The molecule has 4 rings (SSSR count). The van der Waals surface area contributed by atoms with Gasteiger partial charge >= 0.3 is 6.36 Å². The van der Waals surface area contributed by atoms with Crippen molar-refractivity contribution in [2.24, 2.45) is 0 Å². The molecule has 0 saturated carbocycles. The van der Waals surface area contributed by atoms with Gasteiger partial charge in [-0.3, -0.25) is 19.6 Å². The van der Waals surface area contributed by atoms with E-state index in [1.54, 1.807) is 23.8 Å². The van der Waals surface area contributed by atoms with Crippen LogP contribution in [0.2, 0.25) is 0 Å². The van der Waals surface area contributed by atoms with Gasteiger partial charge in [0, 0.05) is 12.6 Å². The fraction of sp³-hybridized carbons (Fsp3) is 0.200. The second-order valence-electron chi connectivity index (χ2n) is 6.35. The van der Waals surface area contributed by atoms with E-state index in [0.29, 0.717) is 34.9 Å². The molecule has 0 spiro atoms. The number of halogens is 3. The minimum absolute atomic E-state index is 0.250. The summed E-state index contributed by atoms with van der Waals surface area (Å²) in [5.41, 5.74) is 1.51. The van der Waals surface area contributed by atoms with E-state index in [1.807, 2.05) is 0 Å². The van der Waals surface area contributed by atoms with Crippen LogP contribution in [0.25, 0.3) is 0 Å². The number of rotatable bonds is 4. The number of pyridine rings is 1. The zero-order chi connectivity index (χ0) is 23.2. The number of fused-ring (bicyclic) bond motifs is 1. The molecule has 0 bridgehead atoms. The first kappa shape index (κ1) is 23.0. The second-order valence-corrected chi connectivity index (χ2v) is 7.24. The Morgan fingerprint density at radius 2 is 2.00 bits per heavy atom. The number of carboxylic acid groups (broad SMARTS) is 1. The van der Waals surface area contributed by atoms with Crippen LogP contribution in [0.5, 0.6) is 11.5 Å². The molecule has 1 aromatic carbocycles. The number of carbonyl (C=O) groups excluding carboxylic acids is 1. The number of nitrogens with zero attached hydrogens (tertiary/aromatic N) is 2. The van der Waals surface area contributed by atoms with Gasteiger partial charge in [-0.2, -0.15) is 0 Å². The summed E-state index contributed by atoms with van der Waals surface area (Å²) in [5.74, 6) is -0.209. The van der Waals surface area contributed by atoms with Crippen LogP contribution in [0.3, 0.4) is 0 Å². The standard InChI is InChI=1S/C19H14F3N3O3S.CH2O2/c20-19(21,22)28-13-5-3-12(4-6-13)18(25-17(26)15-10-23-11-29-15)7-9-27-14-2-1-8-24-16(14)18;2-1-3/h1-6,8,10-11H,7,9H2,(H,25,26);1H,(H,2,3). The van der Waals surface area contributed by atoms with Gasteiger partial charge in [-0.25, -0.2) is 0 Å². The molecule has 168 valence electrons. The van der Waals surface area contributed by atoms with Crippen LogP contribution in [0.1, 0.15) is 27.3 Å². The highest BCUT2D eigenvalue weighted by Gasteiger charge is 2.43. The Kier molecular flexibility index (Phi) is 6.93. The lowest BCUT2D eigenvalue weighted by molar-refractivity contribution is -0.274. The van der Waals surface area contributed by atoms with E-state index >= 15 is 0 Å². The van der Waals surface area contributed by atoms with E-state index < -0.39 is 11.9 Å². The summed E-state index contributed by atoms with van der Waals surface area (Å²) < 4.78 is 47.1. The molecule has 2 aromatic heterocycles. The zero-order valence-electron chi connectivity index (χ0n) is 16.2. The smallest absolute Gasteiger partial charge is 0.491 e. The molecule has 12 heteroatoms. The molecule has 0 aliphatic carbocycles. The van der Waals surface area contributed by atoms with E-state index in [2.05, 4.69) is 20.0 Å². The minimum atomic E-state index is -4.79. The maximum atomic E-state index is 12.8. The number of carbonyl (C=O) groups is 2. The lowest BCUT2D eigenvalue weighted by atomic mass is 9.81. The van der Waals surface area contributed by atoms with Crippen LogP contribution in [-0.2, 0) is 10.3 Å². The number of nitrogens with one attached hydrogen (secondary N) is 1. The highest BCUT2D eigenvalue weighted by Crippen LogP contribution is 2.41. The van der Waals surface area contributed by atoms with Crippen molar-refractivity contribution in [3.05, 3.63) is 70.4 Å². The first-order valence-electron chi connectivity index (χ1n) is 9.02. The lowest BCUT2D eigenvalue weighted by Crippen LogP contribution is -2.50. The van der Waals surface area contributed by atoms with E-state index in [4.69, 9.17) is 14.6 Å². The summed E-state index contributed by atoms with van der Waals surface area (Å²) in [4.78, 5) is 29.9. The summed E-state index contributed by atoms with van der Waals surface area (Å²) in [5, 5.41) is 9.89. The molecule has 1 aliphatic heterocycles. The molecule has 1 aliphatic rings. The molecule has 1 amide bonds. The van der Waals surface area contributed by atoms with Crippen molar-refractivity contribution in [1.82, 2.24) is 15.3 Å². The molecular formula is C20H16F3N3O5S. The SMILES string of the molecule is O=C(NC1(c2ccc(OC(F)(F)F)cc2)CCOc2cccnc21)c1cncs1.O=CO. The molecule has 0 fully saturated rings. The Morgan fingerprint density at radius 3 is 2.62 bits per heavy atom. The number of alkyl halides is 3. The normalized spacial score (nSPS) is 17.1. The summed E-state index contributed by atoms with van der Waals surface area (Å²) in [6, 6.07) is 8.83. The molecule has 3 heterocycles. The number of ether oxygens (including phenoxy) is 2. The van der Waals surface area contributed by atoms with Gasteiger partial charge in [0.25, 0.3) is 12.4 Å². The van der Waals surface area contributed by atoms with Crippen molar-refractivity contribution < 1.29 is 37.3 Å². The number of thiazole rings is 1. The summed E-state index contributed by atoms with van der Waals surface area (Å²) in [6.07, 6.45) is -1.41. The summed E-state index contributed by atoms with van der Waals surface area (Å²) >= 11 is 1.18. The Hall–Kier alpha value is -3.67. The highest BCUT2D eigenvalue weighted by atomic mass is 32.1. The van der Waals surface area contributed by atoms with E-state index in [9.17, 15) is 18.0 Å². The lowest BCUT2D eigenvalue weighted by Gasteiger charge is -2.38. The van der Waals surface area contributed by atoms with Crippen molar-refractivity contribution in [3.63, 3.8) is 0 Å². The highest BCUT2D eigenvalue weighted by molar-refractivity contribution is 7.11. The van der Waals surface area contributed by atoms with E-state index in [1.165, 1.54) is 41.8 Å².